The largest absolute Gasteiger partial charge is 0.380 e. The smallest absolute Gasteiger partial charge is 0.176 e. The molecule has 5 heteroatoms. The lowest BCUT2D eigenvalue weighted by Gasteiger charge is -2.69. The Morgan fingerprint density at radius 2 is 1.70 bits per heavy atom. The number of nitrogens with one attached hydrogen (secondary N) is 1. The van der Waals surface area contributed by atoms with Gasteiger partial charge in [0.1, 0.15) is 6.07 Å². The molecule has 6 rings (SSSR count). The number of Topliss-reactive ketones (excluding diaryl/α,β-unsaturated/α-hetero) is 1. The first-order valence-electron chi connectivity index (χ1n) is 16.4. The third kappa shape index (κ3) is 4.52. The van der Waals surface area contributed by atoms with Crippen LogP contribution in [-0.2, 0) is 9.59 Å². The maximum absolute atomic E-state index is 14.7. The fourth-order valence-corrected chi connectivity index (χ4v) is 10.7. The van der Waals surface area contributed by atoms with Gasteiger partial charge < -0.3 is 5.32 Å². The van der Waals surface area contributed by atoms with Crippen molar-refractivity contribution in [3.63, 3.8) is 0 Å². The molecular weight excluding hydrogens is 564 g/mol. The summed E-state index contributed by atoms with van der Waals surface area (Å²) in [5.74, 6) is 0.138. The number of ketones is 2. The van der Waals surface area contributed by atoms with Crippen molar-refractivity contribution in [2.45, 2.75) is 92.0 Å². The zero-order valence-corrected chi connectivity index (χ0v) is 28.0. The predicted octanol–water partition coefficient (Wildman–Crippen LogP) is 9.04. The maximum atomic E-state index is 14.7. The summed E-state index contributed by atoms with van der Waals surface area (Å²) in [4.78, 5) is 27.7. The van der Waals surface area contributed by atoms with Crippen LogP contribution in [0, 0.1) is 56.7 Å². The minimum atomic E-state index is -0.478. The summed E-state index contributed by atoms with van der Waals surface area (Å²) in [6.45, 7) is 18.1. The molecule has 7 unspecified atom stereocenters. The summed E-state index contributed by atoms with van der Waals surface area (Å²) in [5, 5.41) is 14.5. The lowest BCUT2D eigenvalue weighted by atomic mass is 9.35. The Bertz CT molecular complexity index is 1560. The molecule has 5 aliphatic carbocycles. The third-order valence-electron chi connectivity index (χ3n) is 13.3. The summed E-state index contributed by atoms with van der Waals surface area (Å²) in [5.41, 5.74) is 2.40. The van der Waals surface area contributed by atoms with E-state index in [1.807, 2.05) is 43.3 Å². The number of benzene rings is 1. The molecule has 0 radical (unpaired) electrons. The van der Waals surface area contributed by atoms with E-state index in [0.29, 0.717) is 0 Å². The van der Waals surface area contributed by atoms with Gasteiger partial charge in [-0.2, -0.15) is 5.26 Å². The number of hydrogen-bond acceptors (Lipinski definition) is 4. The van der Waals surface area contributed by atoms with Gasteiger partial charge in [-0.15, -0.1) is 0 Å². The van der Waals surface area contributed by atoms with E-state index < -0.39 is 5.41 Å². The summed E-state index contributed by atoms with van der Waals surface area (Å²) >= 11 is 6.08. The number of nitrogens with zero attached hydrogens (tertiary/aromatic N) is 1. The molecule has 1 aromatic carbocycles. The standard InChI is InChI=1S/C39H47ClN2O2/c1-24(8-9-26-10-12-28(40)13-11-26)42-39-18-16-35(3,4)22-30(39)33-31(43)20-32-36(5)21-27(23-41)34(44)25(2)29(36)14-15-37(32,6)38(33,7)17-19-39/h8-13,20-21,25,29-30,33,42H,1,14-19,22H2,2-7H3/b9-8+/t25?,29?,30?,33?,36?,37?,38-,39?/m1/s1. The molecule has 0 spiro atoms. The highest BCUT2D eigenvalue weighted by atomic mass is 35.5. The number of nitriles is 1. The average Bonchev–Trinajstić information content (AvgIpc) is 2.96. The Morgan fingerprint density at radius 3 is 2.39 bits per heavy atom. The van der Waals surface area contributed by atoms with Crippen LogP contribution in [0.3, 0.4) is 0 Å². The van der Waals surface area contributed by atoms with Crippen LogP contribution < -0.4 is 5.32 Å². The van der Waals surface area contributed by atoms with Gasteiger partial charge >= 0.3 is 0 Å². The molecule has 0 aliphatic heterocycles. The van der Waals surface area contributed by atoms with Crippen LogP contribution in [-0.4, -0.2) is 17.1 Å². The molecule has 1 aromatic rings. The molecule has 3 fully saturated rings. The van der Waals surface area contributed by atoms with Crippen molar-refractivity contribution in [3.05, 3.63) is 76.5 Å². The Balaban J connectivity index is 1.40. The van der Waals surface area contributed by atoms with Crippen molar-refractivity contribution in [3.8, 4) is 6.07 Å². The molecule has 5 aliphatic rings. The molecule has 0 saturated heterocycles. The predicted molar refractivity (Wildman–Crippen MR) is 177 cm³/mol. The highest BCUT2D eigenvalue weighted by Crippen LogP contribution is 2.72. The monoisotopic (exact) mass is 610 g/mol. The minimum Gasteiger partial charge on any atom is -0.380 e. The van der Waals surface area contributed by atoms with Gasteiger partial charge in [-0.25, -0.2) is 0 Å². The summed E-state index contributed by atoms with van der Waals surface area (Å²) in [7, 11) is 0. The van der Waals surface area contributed by atoms with Gasteiger partial charge in [0, 0.05) is 33.5 Å². The van der Waals surface area contributed by atoms with Crippen LogP contribution in [0.2, 0.25) is 5.02 Å². The molecule has 8 atom stereocenters. The number of hydrogen-bond donors (Lipinski definition) is 1. The summed E-state index contributed by atoms with van der Waals surface area (Å²) in [6, 6.07) is 9.98. The highest BCUT2D eigenvalue weighted by molar-refractivity contribution is 6.30. The molecule has 4 nitrogen and oxygen atoms in total. The van der Waals surface area contributed by atoms with Gasteiger partial charge in [-0.3, -0.25) is 9.59 Å². The van der Waals surface area contributed by atoms with Gasteiger partial charge in [0.2, 0.25) is 0 Å². The van der Waals surface area contributed by atoms with Crippen LogP contribution in [0.15, 0.2) is 65.9 Å². The fraction of sp³-hybridized carbons (Fsp3) is 0.564. The van der Waals surface area contributed by atoms with Crippen LogP contribution >= 0.6 is 11.6 Å². The second kappa shape index (κ2) is 10.3. The second-order valence-electron chi connectivity index (χ2n) is 16.1. The van der Waals surface area contributed by atoms with E-state index in [9.17, 15) is 14.9 Å². The van der Waals surface area contributed by atoms with Crippen molar-refractivity contribution in [2.75, 3.05) is 0 Å². The van der Waals surface area contributed by atoms with Crippen LogP contribution in [0.4, 0.5) is 0 Å². The minimum absolute atomic E-state index is 0.0475. The van der Waals surface area contributed by atoms with Crippen molar-refractivity contribution in [2.24, 2.45) is 45.3 Å². The first-order valence-corrected chi connectivity index (χ1v) is 16.8. The van der Waals surface area contributed by atoms with E-state index in [4.69, 9.17) is 11.6 Å². The Hall–Kier alpha value is -2.90. The average molecular weight is 611 g/mol. The highest BCUT2D eigenvalue weighted by Gasteiger charge is 2.69. The van der Waals surface area contributed by atoms with Crippen LogP contribution in [0.25, 0.3) is 6.08 Å². The van der Waals surface area contributed by atoms with E-state index in [1.165, 1.54) is 0 Å². The SMILES string of the molecule is C=C(/C=C/c1ccc(Cl)cc1)NC12CCC(C)(C)CC1C1C(=O)C=C3C4(C)C=C(C#N)C(=O)C(C)C4CCC3(C)[C@]1(C)CC2. The Morgan fingerprint density at radius 1 is 1.02 bits per heavy atom. The van der Waals surface area contributed by atoms with E-state index in [1.54, 1.807) is 0 Å². The van der Waals surface area contributed by atoms with Crippen molar-refractivity contribution < 1.29 is 9.59 Å². The van der Waals surface area contributed by atoms with Gasteiger partial charge in [-0.1, -0.05) is 89.6 Å². The topological polar surface area (TPSA) is 70.0 Å². The van der Waals surface area contributed by atoms with E-state index >= 15 is 0 Å². The van der Waals surface area contributed by atoms with Gasteiger partial charge in [0.05, 0.1) is 5.57 Å². The van der Waals surface area contributed by atoms with Crippen molar-refractivity contribution in [1.29, 1.82) is 5.26 Å². The molecule has 0 bridgehead atoms. The first kappa shape index (κ1) is 31.1. The quantitative estimate of drug-likeness (QED) is 0.345. The molecule has 3 saturated carbocycles. The number of carbonyl (C=O) groups is 2. The zero-order chi connectivity index (χ0) is 31.9. The Labute approximate surface area is 268 Å². The third-order valence-corrected chi connectivity index (χ3v) is 13.5. The normalized spacial score (nSPS) is 40.9. The number of fused-ring (bicyclic) bond motifs is 7. The van der Waals surface area contributed by atoms with Crippen molar-refractivity contribution >= 4 is 29.2 Å². The van der Waals surface area contributed by atoms with Crippen molar-refractivity contribution in [1.82, 2.24) is 5.32 Å². The Kier molecular flexibility index (Phi) is 7.29. The fourth-order valence-electron chi connectivity index (χ4n) is 10.6. The zero-order valence-electron chi connectivity index (χ0n) is 27.2. The van der Waals surface area contributed by atoms with Crippen LogP contribution in [0.5, 0.6) is 0 Å². The van der Waals surface area contributed by atoms with E-state index in [0.717, 1.165) is 66.8 Å². The van der Waals surface area contributed by atoms with Crippen LogP contribution in [0.1, 0.15) is 92.1 Å². The van der Waals surface area contributed by atoms with Gasteiger partial charge in [-0.05, 0) is 103 Å². The first-order chi connectivity index (χ1) is 20.6. The molecule has 1 N–H and O–H groups in total. The number of halogens is 1. The lowest BCUT2D eigenvalue weighted by molar-refractivity contribution is -0.158. The van der Waals surface area contributed by atoms with E-state index in [-0.39, 0.29) is 62.6 Å². The lowest BCUT2D eigenvalue weighted by Crippen LogP contribution is -2.68. The molecule has 44 heavy (non-hydrogen) atoms. The van der Waals surface area contributed by atoms with Gasteiger partial charge in [0.25, 0.3) is 0 Å². The van der Waals surface area contributed by atoms with Gasteiger partial charge in [0.15, 0.2) is 11.6 Å². The molecule has 0 amide bonds. The van der Waals surface area contributed by atoms with E-state index in [2.05, 4.69) is 64.7 Å². The number of carbonyl (C=O) groups excluding carboxylic acids is 2. The molecule has 0 heterocycles. The molecular formula is C39H47ClN2O2. The molecule has 0 aromatic heterocycles. The molecule has 232 valence electrons. The summed E-state index contributed by atoms with van der Waals surface area (Å²) < 4.78 is 0. The number of allylic oxidation sites excluding steroid dienone is 5. The number of rotatable bonds is 4. The second-order valence-corrected chi connectivity index (χ2v) is 16.5. The maximum Gasteiger partial charge on any atom is 0.176 e. The summed E-state index contributed by atoms with van der Waals surface area (Å²) in [6.07, 6.45) is 15.0.